The molecule has 0 fully saturated rings. The molecule has 0 aliphatic heterocycles. The SMILES string of the molecule is CC(C)(N)CNC(=O)CCCOc1ccc(I)cc1. The van der Waals surface area contributed by atoms with Crippen LogP contribution in [0.2, 0.25) is 0 Å². The Morgan fingerprint density at radius 1 is 1.37 bits per heavy atom. The molecule has 0 spiro atoms. The quantitative estimate of drug-likeness (QED) is 0.567. The smallest absolute Gasteiger partial charge is 0.220 e. The van der Waals surface area contributed by atoms with Crippen LogP contribution < -0.4 is 15.8 Å². The van der Waals surface area contributed by atoms with Crippen LogP contribution in [0.5, 0.6) is 5.75 Å². The molecule has 0 saturated carbocycles. The Kier molecular flexibility index (Phi) is 6.57. The van der Waals surface area contributed by atoms with E-state index < -0.39 is 0 Å². The number of amides is 1. The lowest BCUT2D eigenvalue weighted by atomic mass is 10.1. The van der Waals surface area contributed by atoms with E-state index in [1.54, 1.807) is 0 Å². The van der Waals surface area contributed by atoms with Crippen LogP contribution >= 0.6 is 22.6 Å². The highest BCUT2D eigenvalue weighted by Crippen LogP contribution is 2.13. The lowest BCUT2D eigenvalue weighted by Crippen LogP contribution is -2.45. The van der Waals surface area contributed by atoms with Crippen molar-refractivity contribution in [1.29, 1.82) is 0 Å². The molecule has 1 aromatic carbocycles. The molecule has 0 aliphatic rings. The molecule has 4 nitrogen and oxygen atoms in total. The number of nitrogens with two attached hydrogens (primary N) is 1. The standard InChI is InChI=1S/C14H21IN2O2/c1-14(2,16)10-17-13(18)4-3-9-19-12-7-5-11(15)6-8-12/h5-8H,3-4,9-10,16H2,1-2H3,(H,17,18). The molecule has 0 heterocycles. The van der Waals surface area contributed by atoms with Gasteiger partial charge in [0.25, 0.3) is 0 Å². The van der Waals surface area contributed by atoms with Crippen LogP contribution in [-0.2, 0) is 4.79 Å². The molecule has 5 heteroatoms. The Labute approximate surface area is 128 Å². The zero-order valence-corrected chi connectivity index (χ0v) is 13.6. The first kappa shape index (κ1) is 16.2. The van der Waals surface area contributed by atoms with Crippen molar-refractivity contribution in [2.45, 2.75) is 32.2 Å². The van der Waals surface area contributed by atoms with Crippen molar-refractivity contribution in [3.05, 3.63) is 27.8 Å². The number of hydrogen-bond acceptors (Lipinski definition) is 3. The monoisotopic (exact) mass is 376 g/mol. The first-order valence-corrected chi connectivity index (χ1v) is 7.39. The van der Waals surface area contributed by atoms with Gasteiger partial charge in [0.05, 0.1) is 6.61 Å². The fourth-order valence-corrected chi connectivity index (χ4v) is 1.73. The van der Waals surface area contributed by atoms with E-state index in [4.69, 9.17) is 10.5 Å². The van der Waals surface area contributed by atoms with E-state index in [-0.39, 0.29) is 11.4 Å². The lowest BCUT2D eigenvalue weighted by Gasteiger charge is -2.18. The Hall–Kier alpha value is -0.820. The molecule has 0 atom stereocenters. The molecule has 0 aromatic heterocycles. The van der Waals surface area contributed by atoms with Gasteiger partial charge < -0.3 is 15.8 Å². The maximum atomic E-state index is 11.5. The van der Waals surface area contributed by atoms with Gasteiger partial charge in [0, 0.05) is 22.1 Å². The predicted octanol–water partition coefficient (Wildman–Crippen LogP) is 2.30. The zero-order chi connectivity index (χ0) is 14.3. The van der Waals surface area contributed by atoms with Crippen molar-refractivity contribution >= 4 is 28.5 Å². The van der Waals surface area contributed by atoms with Crippen molar-refractivity contribution in [3.63, 3.8) is 0 Å². The third-order valence-corrected chi connectivity index (χ3v) is 3.09. The van der Waals surface area contributed by atoms with Crippen LogP contribution in [0.1, 0.15) is 26.7 Å². The van der Waals surface area contributed by atoms with Crippen LogP contribution in [0.3, 0.4) is 0 Å². The van der Waals surface area contributed by atoms with Crippen molar-refractivity contribution in [2.75, 3.05) is 13.2 Å². The third kappa shape index (κ3) is 8.05. The second-order valence-corrected chi connectivity index (χ2v) is 6.42. The number of nitrogens with one attached hydrogen (secondary N) is 1. The summed E-state index contributed by atoms with van der Waals surface area (Å²) in [5, 5.41) is 2.81. The number of halogens is 1. The van der Waals surface area contributed by atoms with E-state index in [0.29, 0.717) is 26.0 Å². The second-order valence-electron chi connectivity index (χ2n) is 5.17. The van der Waals surface area contributed by atoms with Gasteiger partial charge in [0.1, 0.15) is 5.75 Å². The van der Waals surface area contributed by atoms with Gasteiger partial charge in [0.15, 0.2) is 0 Å². The molecule has 0 bridgehead atoms. The number of benzene rings is 1. The van der Waals surface area contributed by atoms with E-state index >= 15 is 0 Å². The number of ether oxygens (including phenoxy) is 1. The average Bonchev–Trinajstić information content (AvgIpc) is 2.33. The summed E-state index contributed by atoms with van der Waals surface area (Å²) in [7, 11) is 0. The Morgan fingerprint density at radius 2 is 2.00 bits per heavy atom. The van der Waals surface area contributed by atoms with E-state index in [1.165, 1.54) is 3.57 Å². The third-order valence-electron chi connectivity index (χ3n) is 2.37. The van der Waals surface area contributed by atoms with Crippen LogP contribution in [0.4, 0.5) is 0 Å². The molecular weight excluding hydrogens is 355 g/mol. The number of carbonyl (C=O) groups excluding carboxylic acids is 1. The highest BCUT2D eigenvalue weighted by molar-refractivity contribution is 14.1. The fourth-order valence-electron chi connectivity index (χ4n) is 1.37. The normalized spacial score (nSPS) is 11.2. The highest BCUT2D eigenvalue weighted by atomic mass is 127. The van der Waals surface area contributed by atoms with Crippen molar-refractivity contribution in [3.8, 4) is 5.75 Å². The summed E-state index contributed by atoms with van der Waals surface area (Å²) in [6.45, 7) is 4.80. The summed E-state index contributed by atoms with van der Waals surface area (Å²) in [6.07, 6.45) is 1.16. The van der Waals surface area contributed by atoms with Gasteiger partial charge in [-0.25, -0.2) is 0 Å². The first-order valence-electron chi connectivity index (χ1n) is 6.31. The van der Waals surface area contributed by atoms with E-state index in [9.17, 15) is 4.79 Å². The summed E-state index contributed by atoms with van der Waals surface area (Å²) in [5.41, 5.74) is 5.42. The maximum Gasteiger partial charge on any atom is 0.220 e. The molecule has 0 aliphatic carbocycles. The Morgan fingerprint density at radius 3 is 2.58 bits per heavy atom. The Bertz CT molecular complexity index is 399. The molecule has 0 unspecified atom stereocenters. The molecule has 3 N–H and O–H groups in total. The van der Waals surface area contributed by atoms with Gasteiger partial charge in [-0.3, -0.25) is 4.79 Å². The number of carbonyl (C=O) groups is 1. The van der Waals surface area contributed by atoms with Gasteiger partial charge in [-0.05, 0) is 67.1 Å². The molecule has 1 rings (SSSR count). The number of rotatable bonds is 7. The van der Waals surface area contributed by atoms with E-state index in [0.717, 1.165) is 5.75 Å². The highest BCUT2D eigenvalue weighted by Gasteiger charge is 2.11. The van der Waals surface area contributed by atoms with Crippen molar-refractivity contribution in [2.24, 2.45) is 5.73 Å². The second kappa shape index (κ2) is 7.69. The van der Waals surface area contributed by atoms with Crippen LogP contribution in [0.15, 0.2) is 24.3 Å². The van der Waals surface area contributed by atoms with Gasteiger partial charge in [-0.2, -0.15) is 0 Å². The van der Waals surface area contributed by atoms with Crippen molar-refractivity contribution in [1.82, 2.24) is 5.32 Å². The fraction of sp³-hybridized carbons (Fsp3) is 0.500. The molecule has 1 aromatic rings. The molecule has 1 amide bonds. The van der Waals surface area contributed by atoms with Gasteiger partial charge in [-0.15, -0.1) is 0 Å². The molecule has 19 heavy (non-hydrogen) atoms. The summed E-state index contributed by atoms with van der Waals surface area (Å²) in [4.78, 5) is 11.5. The Balaban J connectivity index is 2.13. The van der Waals surface area contributed by atoms with Gasteiger partial charge >= 0.3 is 0 Å². The van der Waals surface area contributed by atoms with Crippen LogP contribution in [0, 0.1) is 3.57 Å². The molecule has 106 valence electrons. The topological polar surface area (TPSA) is 64.3 Å². The molecule has 0 radical (unpaired) electrons. The molecule has 0 saturated heterocycles. The predicted molar refractivity (Wildman–Crippen MR) is 85.2 cm³/mol. The largest absolute Gasteiger partial charge is 0.494 e. The summed E-state index contributed by atoms with van der Waals surface area (Å²) in [6, 6.07) is 7.84. The lowest BCUT2D eigenvalue weighted by molar-refractivity contribution is -0.121. The minimum Gasteiger partial charge on any atom is -0.494 e. The summed E-state index contributed by atoms with van der Waals surface area (Å²) in [5.74, 6) is 0.855. The minimum absolute atomic E-state index is 0.0183. The van der Waals surface area contributed by atoms with Crippen LogP contribution in [0.25, 0.3) is 0 Å². The maximum absolute atomic E-state index is 11.5. The average molecular weight is 376 g/mol. The van der Waals surface area contributed by atoms with Crippen LogP contribution in [-0.4, -0.2) is 24.6 Å². The zero-order valence-electron chi connectivity index (χ0n) is 11.4. The minimum atomic E-state index is -0.368. The van der Waals surface area contributed by atoms with E-state index in [2.05, 4.69) is 27.9 Å². The van der Waals surface area contributed by atoms with E-state index in [1.807, 2.05) is 38.1 Å². The van der Waals surface area contributed by atoms with Crippen molar-refractivity contribution < 1.29 is 9.53 Å². The first-order chi connectivity index (χ1) is 8.87. The summed E-state index contributed by atoms with van der Waals surface area (Å²) < 4.78 is 6.72. The summed E-state index contributed by atoms with van der Waals surface area (Å²) >= 11 is 2.25. The molecular formula is C14H21IN2O2. The number of hydrogen-bond donors (Lipinski definition) is 2. The van der Waals surface area contributed by atoms with Gasteiger partial charge in [0.2, 0.25) is 5.91 Å². The van der Waals surface area contributed by atoms with Gasteiger partial charge in [-0.1, -0.05) is 0 Å².